The van der Waals surface area contributed by atoms with E-state index >= 15 is 0 Å². The predicted molar refractivity (Wildman–Crippen MR) is 72.4 cm³/mol. The number of nitrogens with zero attached hydrogens (tertiary/aromatic N) is 1. The average Bonchev–Trinajstić information content (AvgIpc) is 2.69. The first kappa shape index (κ1) is 13.6. The molecule has 0 amide bonds. The molecule has 1 aliphatic rings. The molecule has 1 atom stereocenters. The largest absolute Gasteiger partial charge is 0.462 e. The van der Waals surface area contributed by atoms with Gasteiger partial charge in [-0.2, -0.15) is 0 Å². The van der Waals surface area contributed by atoms with Crippen molar-refractivity contribution in [2.45, 2.75) is 58.2 Å². The maximum absolute atomic E-state index is 5.79. The molecule has 2 rings (SSSR count). The van der Waals surface area contributed by atoms with Gasteiger partial charge >= 0.3 is 0 Å². The Morgan fingerprint density at radius 2 is 2.11 bits per heavy atom. The number of hydrogen-bond acceptors (Lipinski definition) is 3. The van der Waals surface area contributed by atoms with Gasteiger partial charge in [0.25, 0.3) is 0 Å². The third kappa shape index (κ3) is 3.59. The highest BCUT2D eigenvalue weighted by atomic mass is 16.5. The minimum atomic E-state index is 0.567. The maximum atomic E-state index is 5.79. The summed E-state index contributed by atoms with van der Waals surface area (Å²) in [7, 11) is 1.70. The van der Waals surface area contributed by atoms with E-state index in [9.17, 15) is 0 Å². The standard InChI is InChI=1S/C15H25NO2/c1-3-13-7-5-4-6-10-16(13)11-14-8-9-15(18-14)12-17-2/h8-9,13H,3-7,10-12H2,1-2H3. The van der Waals surface area contributed by atoms with Crippen LogP contribution in [0.2, 0.25) is 0 Å². The number of rotatable bonds is 5. The Labute approximate surface area is 110 Å². The van der Waals surface area contributed by atoms with E-state index in [0.717, 1.165) is 24.1 Å². The highest BCUT2D eigenvalue weighted by Crippen LogP contribution is 2.22. The van der Waals surface area contributed by atoms with Gasteiger partial charge in [0.15, 0.2) is 0 Å². The molecular formula is C15H25NO2. The van der Waals surface area contributed by atoms with E-state index in [1.807, 2.05) is 6.07 Å². The lowest BCUT2D eigenvalue weighted by Crippen LogP contribution is -2.33. The number of furan rings is 1. The fraction of sp³-hybridized carbons (Fsp3) is 0.733. The van der Waals surface area contributed by atoms with Crippen LogP contribution in [0.4, 0.5) is 0 Å². The molecule has 18 heavy (non-hydrogen) atoms. The van der Waals surface area contributed by atoms with E-state index in [0.29, 0.717) is 6.61 Å². The summed E-state index contributed by atoms with van der Waals surface area (Å²) in [4.78, 5) is 2.59. The van der Waals surface area contributed by atoms with Crippen molar-refractivity contribution in [3.63, 3.8) is 0 Å². The van der Waals surface area contributed by atoms with E-state index in [2.05, 4.69) is 17.9 Å². The van der Waals surface area contributed by atoms with E-state index in [1.54, 1.807) is 7.11 Å². The molecule has 0 bridgehead atoms. The molecule has 0 spiro atoms. The first-order valence-electron chi connectivity index (χ1n) is 7.14. The molecule has 1 unspecified atom stereocenters. The van der Waals surface area contributed by atoms with Crippen molar-refractivity contribution in [3.8, 4) is 0 Å². The van der Waals surface area contributed by atoms with Crippen LogP contribution in [0.5, 0.6) is 0 Å². The quantitative estimate of drug-likeness (QED) is 0.800. The van der Waals surface area contributed by atoms with Crippen molar-refractivity contribution >= 4 is 0 Å². The summed E-state index contributed by atoms with van der Waals surface area (Å²) >= 11 is 0. The molecule has 3 heteroatoms. The predicted octanol–water partition coefficient (Wildman–Crippen LogP) is 3.58. The zero-order chi connectivity index (χ0) is 12.8. The number of hydrogen-bond donors (Lipinski definition) is 0. The van der Waals surface area contributed by atoms with E-state index in [-0.39, 0.29) is 0 Å². The Bertz CT molecular complexity index is 348. The second-order valence-electron chi connectivity index (χ2n) is 5.18. The van der Waals surface area contributed by atoms with Crippen LogP contribution in [-0.2, 0) is 17.9 Å². The van der Waals surface area contributed by atoms with E-state index < -0.39 is 0 Å². The highest BCUT2D eigenvalue weighted by Gasteiger charge is 2.20. The van der Waals surface area contributed by atoms with Gasteiger partial charge in [-0.3, -0.25) is 4.90 Å². The summed E-state index contributed by atoms with van der Waals surface area (Å²) in [5.74, 6) is 2.00. The molecule has 0 N–H and O–H groups in total. The average molecular weight is 251 g/mol. The summed E-state index contributed by atoms with van der Waals surface area (Å²) in [6.45, 7) is 5.01. The van der Waals surface area contributed by atoms with Crippen LogP contribution in [0.15, 0.2) is 16.5 Å². The summed E-state index contributed by atoms with van der Waals surface area (Å²) < 4.78 is 10.9. The molecule has 1 saturated heterocycles. The van der Waals surface area contributed by atoms with Gasteiger partial charge in [-0.05, 0) is 37.9 Å². The molecule has 1 aromatic rings. The summed E-state index contributed by atoms with van der Waals surface area (Å²) in [6.07, 6.45) is 6.65. The van der Waals surface area contributed by atoms with Gasteiger partial charge in [0.2, 0.25) is 0 Å². The zero-order valence-corrected chi connectivity index (χ0v) is 11.7. The van der Waals surface area contributed by atoms with Gasteiger partial charge in [0, 0.05) is 13.2 Å². The summed E-state index contributed by atoms with van der Waals surface area (Å²) in [6, 6.07) is 4.84. The molecule has 102 valence electrons. The van der Waals surface area contributed by atoms with Crippen LogP contribution in [0, 0.1) is 0 Å². The van der Waals surface area contributed by atoms with Crippen LogP contribution < -0.4 is 0 Å². The number of likely N-dealkylation sites (tertiary alicyclic amines) is 1. The van der Waals surface area contributed by atoms with Crippen LogP contribution in [0.25, 0.3) is 0 Å². The lowest BCUT2D eigenvalue weighted by atomic mass is 10.1. The normalized spacial score (nSPS) is 22.0. The molecule has 1 aromatic heterocycles. The van der Waals surface area contributed by atoms with Crippen LogP contribution in [0.3, 0.4) is 0 Å². The topological polar surface area (TPSA) is 25.6 Å². The highest BCUT2D eigenvalue weighted by molar-refractivity contribution is 5.06. The van der Waals surface area contributed by atoms with Gasteiger partial charge < -0.3 is 9.15 Å². The fourth-order valence-corrected chi connectivity index (χ4v) is 2.83. The van der Waals surface area contributed by atoms with E-state index in [1.165, 1.54) is 38.6 Å². The molecule has 1 fully saturated rings. The zero-order valence-electron chi connectivity index (χ0n) is 11.7. The minimum Gasteiger partial charge on any atom is -0.462 e. The Balaban J connectivity index is 1.96. The van der Waals surface area contributed by atoms with Crippen molar-refractivity contribution in [1.29, 1.82) is 0 Å². The molecule has 1 aliphatic heterocycles. The van der Waals surface area contributed by atoms with Crippen molar-refractivity contribution < 1.29 is 9.15 Å². The molecule has 2 heterocycles. The van der Waals surface area contributed by atoms with Gasteiger partial charge in [-0.25, -0.2) is 0 Å². The monoisotopic (exact) mass is 251 g/mol. The molecule has 0 saturated carbocycles. The first-order valence-corrected chi connectivity index (χ1v) is 7.14. The maximum Gasteiger partial charge on any atom is 0.129 e. The molecule has 0 aromatic carbocycles. The Morgan fingerprint density at radius 1 is 1.28 bits per heavy atom. The van der Waals surface area contributed by atoms with Gasteiger partial charge in [-0.15, -0.1) is 0 Å². The SMILES string of the molecule is CCC1CCCCCN1Cc1ccc(COC)o1. The molecule has 0 aliphatic carbocycles. The summed E-state index contributed by atoms with van der Waals surface area (Å²) in [5, 5.41) is 0. The lowest BCUT2D eigenvalue weighted by Gasteiger charge is -2.28. The molecular weight excluding hydrogens is 226 g/mol. The lowest BCUT2D eigenvalue weighted by molar-refractivity contribution is 0.149. The minimum absolute atomic E-state index is 0.567. The summed E-state index contributed by atoms with van der Waals surface area (Å²) in [5.41, 5.74) is 0. The molecule has 0 radical (unpaired) electrons. The second kappa shape index (κ2) is 6.95. The third-order valence-corrected chi connectivity index (χ3v) is 3.83. The Morgan fingerprint density at radius 3 is 2.89 bits per heavy atom. The van der Waals surface area contributed by atoms with Crippen molar-refractivity contribution in [2.75, 3.05) is 13.7 Å². The fourth-order valence-electron chi connectivity index (χ4n) is 2.83. The van der Waals surface area contributed by atoms with Crippen LogP contribution >= 0.6 is 0 Å². The van der Waals surface area contributed by atoms with Gasteiger partial charge in [0.05, 0.1) is 6.54 Å². The molecule has 3 nitrogen and oxygen atoms in total. The first-order chi connectivity index (χ1) is 8.83. The number of methoxy groups -OCH3 is 1. The number of ether oxygens (including phenoxy) is 1. The van der Waals surface area contributed by atoms with Crippen molar-refractivity contribution in [2.24, 2.45) is 0 Å². The van der Waals surface area contributed by atoms with Crippen molar-refractivity contribution in [3.05, 3.63) is 23.7 Å². The van der Waals surface area contributed by atoms with Crippen LogP contribution in [0.1, 0.15) is 50.5 Å². The van der Waals surface area contributed by atoms with Crippen molar-refractivity contribution in [1.82, 2.24) is 4.90 Å². The Hall–Kier alpha value is -0.800. The third-order valence-electron chi connectivity index (χ3n) is 3.83. The van der Waals surface area contributed by atoms with E-state index in [4.69, 9.17) is 9.15 Å². The smallest absolute Gasteiger partial charge is 0.129 e. The Kier molecular flexibility index (Phi) is 5.26. The second-order valence-corrected chi connectivity index (χ2v) is 5.18. The van der Waals surface area contributed by atoms with Gasteiger partial charge in [0.1, 0.15) is 18.1 Å². The van der Waals surface area contributed by atoms with Gasteiger partial charge in [-0.1, -0.05) is 19.8 Å². The van der Waals surface area contributed by atoms with Crippen LogP contribution in [-0.4, -0.2) is 24.6 Å².